The summed E-state index contributed by atoms with van der Waals surface area (Å²) >= 11 is 0. The minimum Gasteiger partial charge on any atom is -0.251 e. The first-order chi connectivity index (χ1) is 13.4. The fourth-order valence-electron chi connectivity index (χ4n) is 2.57. The lowest BCUT2D eigenvalue weighted by atomic mass is 10.2. The van der Waals surface area contributed by atoms with E-state index >= 15 is 0 Å². The monoisotopic (exact) mass is 528 g/mol. The zero-order valence-electron chi connectivity index (χ0n) is 15.6. The second kappa shape index (κ2) is 8.23. The molecule has 14 heteroatoms. The van der Waals surface area contributed by atoms with Crippen molar-refractivity contribution in [1.29, 1.82) is 0 Å². The smallest absolute Gasteiger partial charge is 0.251 e. The second-order valence-electron chi connectivity index (χ2n) is 5.99. The van der Waals surface area contributed by atoms with Crippen molar-refractivity contribution < 1.29 is 30.0 Å². The van der Waals surface area contributed by atoms with Gasteiger partial charge in [-0.15, -0.1) is 17.0 Å². The van der Waals surface area contributed by atoms with Gasteiger partial charge in [0.2, 0.25) is 0 Å². The van der Waals surface area contributed by atoms with Gasteiger partial charge in [0.25, 0.3) is 0 Å². The zero-order chi connectivity index (χ0) is 21.6. The maximum absolute atomic E-state index is 13.0. The molecule has 0 aliphatic carbocycles. The van der Waals surface area contributed by atoms with E-state index in [1.165, 1.54) is 20.0 Å². The van der Waals surface area contributed by atoms with Gasteiger partial charge in [0, 0.05) is 11.6 Å². The van der Waals surface area contributed by atoms with Crippen LogP contribution in [-0.4, -0.2) is 48.1 Å². The molecule has 0 aromatic carbocycles. The summed E-state index contributed by atoms with van der Waals surface area (Å²) in [6.45, 7) is 2.69. The number of fused-ring (bicyclic) bond motifs is 1. The lowest BCUT2D eigenvalue weighted by Gasteiger charge is -2.12. The third-order valence-corrected chi connectivity index (χ3v) is 7.73. The van der Waals surface area contributed by atoms with Crippen LogP contribution in [0.15, 0.2) is 40.6 Å². The molecule has 8 nitrogen and oxygen atoms in total. The van der Waals surface area contributed by atoms with Crippen molar-refractivity contribution in [3.05, 3.63) is 36.4 Å². The van der Waals surface area contributed by atoms with Gasteiger partial charge in [0.1, 0.15) is 10.6 Å². The van der Waals surface area contributed by atoms with Crippen molar-refractivity contribution in [3.63, 3.8) is 0 Å². The van der Waals surface area contributed by atoms with E-state index in [2.05, 4.69) is 15.1 Å². The highest BCUT2D eigenvalue weighted by Gasteiger charge is 2.33. The number of hydrogen-bond donors (Lipinski definition) is 0. The molecule has 0 bridgehead atoms. The Bertz CT molecular complexity index is 1310. The van der Waals surface area contributed by atoms with Crippen molar-refractivity contribution in [3.8, 4) is 5.69 Å². The number of halogens is 4. The molecule has 164 valence electrons. The molecule has 0 radical (unpaired) electrons. The lowest BCUT2D eigenvalue weighted by molar-refractivity contribution is -0.141. The fraction of sp³-hybridized carbons (Fsp3) is 0.312. The van der Waals surface area contributed by atoms with Gasteiger partial charge >= 0.3 is 6.18 Å². The topological polar surface area (TPSA) is 112 Å². The average molecular weight is 529 g/mol. The van der Waals surface area contributed by atoms with Crippen LogP contribution in [0.1, 0.15) is 19.5 Å². The number of rotatable bonds is 5. The lowest BCUT2D eigenvalue weighted by Crippen LogP contribution is -2.16. The van der Waals surface area contributed by atoms with Crippen LogP contribution in [0, 0.1) is 0 Å². The SMILES string of the molecule is Br.CCS(=O)(=O)c1cc(-n2ncc3cnc(C(F)(F)F)cc32)cnc1S(=O)(=O)CC. The molecule has 0 fully saturated rings. The predicted octanol–water partition coefficient (Wildman–Crippen LogP) is 3.00. The van der Waals surface area contributed by atoms with Crippen molar-refractivity contribution in [1.82, 2.24) is 19.7 Å². The van der Waals surface area contributed by atoms with E-state index < -0.39 is 41.5 Å². The maximum Gasteiger partial charge on any atom is 0.433 e. The Morgan fingerprint density at radius 1 is 0.933 bits per heavy atom. The highest BCUT2D eigenvalue weighted by atomic mass is 79.9. The van der Waals surface area contributed by atoms with E-state index in [0.29, 0.717) is 0 Å². The number of alkyl halides is 3. The Morgan fingerprint density at radius 3 is 2.13 bits per heavy atom. The van der Waals surface area contributed by atoms with Crippen LogP contribution in [0.25, 0.3) is 16.6 Å². The standard InChI is InChI=1S/C16H15F3N4O4S2.BrH/c1-3-28(24,25)13-5-11(9-21-15(13)29(26,27)4-2)23-12-6-14(16(17,18)19)20-7-10(12)8-22-23;/h5-9H,3-4H2,1-2H3;1H. The first kappa shape index (κ1) is 24.2. The van der Waals surface area contributed by atoms with Gasteiger partial charge in [-0.2, -0.15) is 18.3 Å². The molecular weight excluding hydrogens is 513 g/mol. The molecule has 0 aliphatic rings. The maximum atomic E-state index is 13.0. The molecule has 3 rings (SSSR count). The Kier molecular flexibility index (Phi) is 6.64. The minimum absolute atomic E-state index is 0. The molecular formula is C16H16BrF3N4O4S2. The van der Waals surface area contributed by atoms with E-state index in [4.69, 9.17) is 0 Å². The summed E-state index contributed by atoms with van der Waals surface area (Å²) in [7, 11) is -7.95. The van der Waals surface area contributed by atoms with Gasteiger partial charge in [-0.1, -0.05) is 13.8 Å². The quantitative estimate of drug-likeness (QED) is 0.500. The zero-order valence-corrected chi connectivity index (χ0v) is 18.9. The van der Waals surface area contributed by atoms with Crippen LogP contribution < -0.4 is 0 Å². The third kappa shape index (κ3) is 4.34. The Labute approximate surface area is 180 Å². The summed E-state index contributed by atoms with van der Waals surface area (Å²) in [5.41, 5.74) is -1.13. The number of pyridine rings is 2. The molecule has 0 saturated heterocycles. The summed E-state index contributed by atoms with van der Waals surface area (Å²) in [6, 6.07) is 1.82. The van der Waals surface area contributed by atoms with Crippen LogP contribution in [0.4, 0.5) is 13.2 Å². The van der Waals surface area contributed by atoms with Crippen molar-refractivity contribution >= 4 is 47.6 Å². The highest BCUT2D eigenvalue weighted by molar-refractivity contribution is 8.93. The molecule has 3 aromatic heterocycles. The minimum atomic E-state index is -4.68. The fourth-order valence-corrected chi connectivity index (χ4v) is 5.11. The molecule has 0 amide bonds. The first-order valence-electron chi connectivity index (χ1n) is 8.27. The van der Waals surface area contributed by atoms with Gasteiger partial charge in [-0.25, -0.2) is 26.5 Å². The Morgan fingerprint density at radius 2 is 1.57 bits per heavy atom. The third-order valence-electron chi connectivity index (χ3n) is 4.18. The molecule has 0 atom stereocenters. The van der Waals surface area contributed by atoms with E-state index in [1.54, 1.807) is 0 Å². The van der Waals surface area contributed by atoms with Gasteiger partial charge in [0.05, 0.1) is 35.1 Å². The van der Waals surface area contributed by atoms with E-state index in [1.807, 2.05) is 0 Å². The van der Waals surface area contributed by atoms with E-state index in [9.17, 15) is 30.0 Å². The van der Waals surface area contributed by atoms with Crippen LogP contribution in [0.5, 0.6) is 0 Å². The van der Waals surface area contributed by atoms with Crippen molar-refractivity contribution in [2.24, 2.45) is 0 Å². The molecule has 0 N–H and O–H groups in total. The van der Waals surface area contributed by atoms with Gasteiger partial charge in [-0.05, 0) is 12.1 Å². The molecule has 0 spiro atoms. The van der Waals surface area contributed by atoms with Crippen LogP contribution in [0.3, 0.4) is 0 Å². The van der Waals surface area contributed by atoms with Gasteiger partial charge < -0.3 is 0 Å². The second-order valence-corrected chi connectivity index (χ2v) is 10.4. The number of nitrogens with zero attached hydrogens (tertiary/aromatic N) is 4. The summed E-state index contributed by atoms with van der Waals surface area (Å²) in [5, 5.41) is 3.66. The van der Waals surface area contributed by atoms with E-state index in [-0.39, 0.29) is 45.1 Å². The molecule has 3 aromatic rings. The van der Waals surface area contributed by atoms with Crippen molar-refractivity contribution in [2.45, 2.75) is 29.9 Å². The van der Waals surface area contributed by atoms with Crippen LogP contribution in [0.2, 0.25) is 0 Å². The number of sulfone groups is 2. The molecule has 30 heavy (non-hydrogen) atoms. The normalized spacial score (nSPS) is 12.7. The highest BCUT2D eigenvalue weighted by Crippen LogP contribution is 2.31. The number of aromatic nitrogens is 4. The summed E-state index contributed by atoms with van der Waals surface area (Å²) < 4.78 is 89.5. The largest absolute Gasteiger partial charge is 0.433 e. The molecule has 0 aliphatic heterocycles. The molecule has 0 saturated carbocycles. The summed E-state index contributed by atoms with van der Waals surface area (Å²) in [4.78, 5) is 6.63. The molecule has 0 unspecified atom stereocenters. The number of hydrogen-bond acceptors (Lipinski definition) is 7. The van der Waals surface area contributed by atoms with Crippen LogP contribution in [-0.2, 0) is 25.9 Å². The van der Waals surface area contributed by atoms with Crippen LogP contribution >= 0.6 is 17.0 Å². The Hall–Kier alpha value is -2.06. The molecule has 3 heterocycles. The van der Waals surface area contributed by atoms with E-state index in [0.717, 1.165) is 29.2 Å². The van der Waals surface area contributed by atoms with Crippen molar-refractivity contribution in [2.75, 3.05) is 11.5 Å². The van der Waals surface area contributed by atoms with Gasteiger partial charge in [0.15, 0.2) is 24.7 Å². The predicted molar refractivity (Wildman–Crippen MR) is 107 cm³/mol. The summed E-state index contributed by atoms with van der Waals surface area (Å²) in [5.74, 6) is -0.747. The Balaban J connectivity index is 0.00000320. The average Bonchev–Trinajstić information content (AvgIpc) is 3.10. The van der Waals surface area contributed by atoms with Gasteiger partial charge in [-0.3, -0.25) is 4.98 Å². The summed E-state index contributed by atoms with van der Waals surface area (Å²) in [6.07, 6.45) is -1.38. The first-order valence-corrected chi connectivity index (χ1v) is 11.6.